The molecule has 0 atom stereocenters. The largest absolute Gasteiger partial charge is 0.497 e. The van der Waals surface area contributed by atoms with Crippen LogP contribution in [0.4, 0.5) is 0 Å². The summed E-state index contributed by atoms with van der Waals surface area (Å²) >= 11 is 0. The van der Waals surface area contributed by atoms with E-state index in [1.54, 1.807) is 7.11 Å². The van der Waals surface area contributed by atoms with Crippen molar-refractivity contribution in [3.05, 3.63) is 72.2 Å². The van der Waals surface area contributed by atoms with Crippen molar-refractivity contribution < 1.29 is 9.15 Å². The number of aryl methyl sites for hydroxylation is 2. The van der Waals surface area contributed by atoms with Crippen molar-refractivity contribution >= 4 is 0 Å². The second kappa shape index (κ2) is 8.53. The summed E-state index contributed by atoms with van der Waals surface area (Å²) in [6, 6.07) is 12.3. The highest BCUT2D eigenvalue weighted by Crippen LogP contribution is 2.16. The molecule has 2 aromatic heterocycles. The molecule has 0 aliphatic heterocycles. The van der Waals surface area contributed by atoms with E-state index in [4.69, 9.17) is 9.15 Å². The highest BCUT2D eigenvalue weighted by molar-refractivity contribution is 5.27. The minimum absolute atomic E-state index is 0.809. The summed E-state index contributed by atoms with van der Waals surface area (Å²) < 4.78 is 13.1. The molecule has 132 valence electrons. The third kappa shape index (κ3) is 5.22. The third-order valence-electron chi connectivity index (χ3n) is 4.19. The summed E-state index contributed by atoms with van der Waals surface area (Å²) in [5.41, 5.74) is 1.27. The minimum Gasteiger partial charge on any atom is -0.497 e. The molecule has 0 saturated heterocycles. The van der Waals surface area contributed by atoms with Crippen LogP contribution in [0.3, 0.4) is 0 Å². The Morgan fingerprint density at radius 2 is 1.96 bits per heavy atom. The molecule has 1 aromatic carbocycles. The number of hydrogen-bond donors (Lipinski definition) is 0. The number of rotatable bonds is 9. The summed E-state index contributed by atoms with van der Waals surface area (Å²) in [6.07, 6.45) is 6.75. The van der Waals surface area contributed by atoms with E-state index in [0.29, 0.717) is 0 Å². The summed E-state index contributed by atoms with van der Waals surface area (Å²) in [5.74, 6) is 2.85. The number of hydrogen-bond acceptors (Lipinski definition) is 4. The van der Waals surface area contributed by atoms with E-state index in [1.165, 1.54) is 5.56 Å². The van der Waals surface area contributed by atoms with E-state index in [0.717, 1.165) is 49.9 Å². The molecule has 0 spiro atoms. The van der Waals surface area contributed by atoms with Gasteiger partial charge in [-0.15, -0.1) is 0 Å². The molecule has 0 aliphatic carbocycles. The van der Waals surface area contributed by atoms with Gasteiger partial charge in [0.05, 0.1) is 20.0 Å². The molecule has 0 aliphatic rings. The lowest BCUT2D eigenvalue weighted by Gasteiger charge is -2.21. The number of nitrogens with zero attached hydrogens (tertiary/aromatic N) is 3. The Hall–Kier alpha value is -2.53. The van der Waals surface area contributed by atoms with Gasteiger partial charge in [-0.05, 0) is 43.2 Å². The Balaban J connectivity index is 1.61. The predicted octanol–water partition coefficient (Wildman–Crippen LogP) is 3.89. The highest BCUT2D eigenvalue weighted by atomic mass is 16.5. The van der Waals surface area contributed by atoms with Crippen molar-refractivity contribution in [2.24, 2.45) is 0 Å². The maximum atomic E-state index is 5.76. The molecular formula is C20H25N3O2. The average Bonchev–Trinajstić information content (AvgIpc) is 3.27. The molecular weight excluding hydrogens is 314 g/mol. The van der Waals surface area contributed by atoms with Gasteiger partial charge in [-0.1, -0.05) is 12.1 Å². The molecule has 0 radical (unpaired) electrons. The molecule has 0 amide bonds. The van der Waals surface area contributed by atoms with Gasteiger partial charge >= 0.3 is 0 Å². The smallest absolute Gasteiger partial charge is 0.118 e. The highest BCUT2D eigenvalue weighted by Gasteiger charge is 2.10. The first kappa shape index (κ1) is 17.3. The van der Waals surface area contributed by atoms with Crippen LogP contribution in [0.1, 0.15) is 23.5 Å². The molecule has 0 fully saturated rings. The van der Waals surface area contributed by atoms with Crippen molar-refractivity contribution in [2.75, 3.05) is 13.7 Å². The first-order valence-electron chi connectivity index (χ1n) is 8.59. The second-order valence-corrected chi connectivity index (χ2v) is 6.23. The second-order valence-electron chi connectivity index (χ2n) is 6.23. The first-order valence-corrected chi connectivity index (χ1v) is 8.59. The zero-order chi connectivity index (χ0) is 17.5. The maximum Gasteiger partial charge on any atom is 0.118 e. The van der Waals surface area contributed by atoms with Gasteiger partial charge in [-0.3, -0.25) is 4.90 Å². The monoisotopic (exact) mass is 339 g/mol. The SMILES string of the molecule is COc1ccc(CN(CCCn2ccnc2)Cc2ccc(C)o2)cc1. The number of imidazole rings is 1. The fourth-order valence-electron chi connectivity index (χ4n) is 2.89. The van der Waals surface area contributed by atoms with E-state index in [9.17, 15) is 0 Å². The third-order valence-corrected chi connectivity index (χ3v) is 4.19. The van der Waals surface area contributed by atoms with E-state index in [2.05, 4.69) is 32.7 Å². The number of aromatic nitrogens is 2. The van der Waals surface area contributed by atoms with Crippen LogP contribution in [0, 0.1) is 6.92 Å². The van der Waals surface area contributed by atoms with Crippen molar-refractivity contribution in [3.8, 4) is 5.75 Å². The summed E-state index contributed by atoms with van der Waals surface area (Å²) in [5, 5.41) is 0. The lowest BCUT2D eigenvalue weighted by molar-refractivity contribution is 0.227. The molecule has 0 N–H and O–H groups in total. The van der Waals surface area contributed by atoms with Crippen molar-refractivity contribution in [2.45, 2.75) is 33.0 Å². The van der Waals surface area contributed by atoms with Crippen LogP contribution in [0.2, 0.25) is 0 Å². The van der Waals surface area contributed by atoms with E-state index in [-0.39, 0.29) is 0 Å². The van der Waals surface area contributed by atoms with Gasteiger partial charge in [0, 0.05) is 32.0 Å². The van der Waals surface area contributed by atoms with Gasteiger partial charge in [0.2, 0.25) is 0 Å². The van der Waals surface area contributed by atoms with Gasteiger partial charge in [0.25, 0.3) is 0 Å². The summed E-state index contributed by atoms with van der Waals surface area (Å²) in [4.78, 5) is 6.51. The van der Waals surface area contributed by atoms with Gasteiger partial charge in [-0.25, -0.2) is 4.98 Å². The minimum atomic E-state index is 0.809. The normalized spacial score (nSPS) is 11.2. The van der Waals surface area contributed by atoms with Crippen molar-refractivity contribution in [1.82, 2.24) is 14.5 Å². The fraction of sp³-hybridized carbons (Fsp3) is 0.350. The Morgan fingerprint density at radius 1 is 1.12 bits per heavy atom. The van der Waals surface area contributed by atoms with Crippen LogP contribution >= 0.6 is 0 Å². The lowest BCUT2D eigenvalue weighted by Crippen LogP contribution is -2.24. The van der Waals surface area contributed by atoms with Crippen LogP contribution in [0.15, 0.2) is 59.5 Å². The molecule has 0 saturated carbocycles. The van der Waals surface area contributed by atoms with E-state index in [1.807, 2.05) is 43.8 Å². The van der Waals surface area contributed by atoms with Crippen LogP contribution in [0.5, 0.6) is 5.75 Å². The van der Waals surface area contributed by atoms with E-state index >= 15 is 0 Å². The van der Waals surface area contributed by atoms with Crippen LogP contribution in [0.25, 0.3) is 0 Å². The number of ether oxygens (including phenoxy) is 1. The number of furan rings is 1. The molecule has 2 heterocycles. The van der Waals surface area contributed by atoms with Crippen LogP contribution in [-0.2, 0) is 19.6 Å². The topological polar surface area (TPSA) is 43.4 Å². The summed E-state index contributed by atoms with van der Waals surface area (Å²) in [7, 11) is 1.69. The molecule has 3 aromatic rings. The van der Waals surface area contributed by atoms with Crippen LogP contribution in [-0.4, -0.2) is 28.1 Å². The van der Waals surface area contributed by atoms with Gasteiger partial charge in [0.15, 0.2) is 0 Å². The standard InChI is InChI=1S/C20H25N3O2/c1-17-4-7-20(25-17)15-23(12-3-11-22-13-10-21-16-22)14-18-5-8-19(24-2)9-6-18/h4-10,13,16H,3,11-12,14-15H2,1-2H3. The average molecular weight is 339 g/mol. The Morgan fingerprint density at radius 3 is 2.60 bits per heavy atom. The zero-order valence-corrected chi connectivity index (χ0v) is 14.9. The Bertz CT molecular complexity index is 748. The quantitative estimate of drug-likeness (QED) is 0.593. The van der Waals surface area contributed by atoms with Crippen LogP contribution < -0.4 is 4.74 Å². The van der Waals surface area contributed by atoms with Crippen molar-refractivity contribution in [3.63, 3.8) is 0 Å². The van der Waals surface area contributed by atoms with Gasteiger partial charge < -0.3 is 13.7 Å². The number of benzene rings is 1. The predicted molar refractivity (Wildman–Crippen MR) is 97.4 cm³/mol. The fourth-order valence-corrected chi connectivity index (χ4v) is 2.89. The molecule has 5 nitrogen and oxygen atoms in total. The maximum absolute atomic E-state index is 5.76. The Labute approximate surface area is 148 Å². The first-order chi connectivity index (χ1) is 12.2. The van der Waals surface area contributed by atoms with E-state index < -0.39 is 0 Å². The molecule has 5 heteroatoms. The van der Waals surface area contributed by atoms with Gasteiger partial charge in [0.1, 0.15) is 17.3 Å². The van der Waals surface area contributed by atoms with Crippen molar-refractivity contribution in [1.29, 1.82) is 0 Å². The Kier molecular flexibility index (Phi) is 5.90. The summed E-state index contributed by atoms with van der Waals surface area (Å²) in [6.45, 7) is 5.63. The number of methoxy groups -OCH3 is 1. The molecule has 25 heavy (non-hydrogen) atoms. The lowest BCUT2D eigenvalue weighted by atomic mass is 10.2. The van der Waals surface area contributed by atoms with Gasteiger partial charge in [-0.2, -0.15) is 0 Å². The molecule has 0 bridgehead atoms. The zero-order valence-electron chi connectivity index (χ0n) is 14.9. The molecule has 0 unspecified atom stereocenters. The molecule has 3 rings (SSSR count).